The molecule has 3 aromatic rings. The third-order valence-corrected chi connectivity index (χ3v) is 7.45. The van der Waals surface area contributed by atoms with Crippen LogP contribution < -0.4 is 10.2 Å². The van der Waals surface area contributed by atoms with Crippen LogP contribution in [0, 0.1) is 5.92 Å². The molecule has 152 valence electrons. The smallest absolute Gasteiger partial charge is 0.230 e. The van der Waals surface area contributed by atoms with E-state index < -0.39 is 0 Å². The molecule has 3 heterocycles. The number of anilines is 1. The highest BCUT2D eigenvalue weighted by Gasteiger charge is 2.21. The summed E-state index contributed by atoms with van der Waals surface area (Å²) in [5, 5.41) is 5.37. The largest absolute Gasteiger partial charge is 0.351 e. The van der Waals surface area contributed by atoms with Gasteiger partial charge in [-0.2, -0.15) is 4.98 Å². The van der Waals surface area contributed by atoms with Gasteiger partial charge >= 0.3 is 0 Å². The van der Waals surface area contributed by atoms with E-state index in [1.165, 1.54) is 30.9 Å². The molecule has 1 amide bonds. The van der Waals surface area contributed by atoms with Crippen LogP contribution in [0.1, 0.15) is 25.3 Å². The van der Waals surface area contributed by atoms with Crippen LogP contribution in [0.4, 0.5) is 5.13 Å². The minimum atomic E-state index is -0.0590. The fraction of sp³-hybridized carbons (Fsp3) is 0.400. The molecule has 1 N–H and O–H groups in total. The number of carbonyl (C=O) groups is 1. The van der Waals surface area contributed by atoms with Crippen molar-refractivity contribution in [1.29, 1.82) is 0 Å². The van der Waals surface area contributed by atoms with Crippen molar-refractivity contribution >= 4 is 56.1 Å². The van der Waals surface area contributed by atoms with Crippen LogP contribution in [-0.4, -0.2) is 39.7 Å². The van der Waals surface area contributed by atoms with Crippen molar-refractivity contribution in [3.05, 3.63) is 41.2 Å². The summed E-state index contributed by atoms with van der Waals surface area (Å²) in [6, 6.07) is 7.51. The predicted molar refractivity (Wildman–Crippen MR) is 120 cm³/mol. The molecule has 2 aromatic heterocycles. The average Bonchev–Trinajstić information content (AvgIpc) is 3.17. The molecule has 1 atom stereocenters. The Labute approximate surface area is 183 Å². The lowest BCUT2D eigenvalue weighted by Crippen LogP contribution is -2.34. The first-order valence-electron chi connectivity index (χ1n) is 9.59. The molecule has 0 radical (unpaired) electrons. The van der Waals surface area contributed by atoms with Gasteiger partial charge in [0.25, 0.3) is 0 Å². The third-order valence-electron chi connectivity index (χ3n) is 4.85. The van der Waals surface area contributed by atoms with Crippen LogP contribution in [-0.2, 0) is 11.3 Å². The van der Waals surface area contributed by atoms with E-state index in [2.05, 4.69) is 27.1 Å². The molecular formula is C20H22ClN5OS2. The molecule has 6 nitrogen and oxygen atoms in total. The monoisotopic (exact) mass is 447 g/mol. The molecule has 0 saturated carbocycles. The molecule has 0 spiro atoms. The zero-order valence-electron chi connectivity index (χ0n) is 16.1. The molecule has 1 aliphatic heterocycles. The highest BCUT2D eigenvalue weighted by molar-refractivity contribution is 8.00. The summed E-state index contributed by atoms with van der Waals surface area (Å²) in [5.41, 5.74) is 1.61. The number of hydrogen-bond donors (Lipinski definition) is 1. The molecule has 0 bridgehead atoms. The van der Waals surface area contributed by atoms with Gasteiger partial charge in [-0.15, -0.1) is 0 Å². The quantitative estimate of drug-likeness (QED) is 0.446. The summed E-state index contributed by atoms with van der Waals surface area (Å²) < 4.78 is 0.949. The first-order chi connectivity index (χ1) is 14.1. The Morgan fingerprint density at radius 3 is 3.07 bits per heavy atom. The van der Waals surface area contributed by atoms with Gasteiger partial charge in [-0.1, -0.05) is 59.8 Å². The Morgan fingerprint density at radius 1 is 1.38 bits per heavy atom. The number of amides is 1. The van der Waals surface area contributed by atoms with Crippen LogP contribution in [0.5, 0.6) is 0 Å². The van der Waals surface area contributed by atoms with Gasteiger partial charge in [0.2, 0.25) is 5.91 Å². The van der Waals surface area contributed by atoms with Crippen molar-refractivity contribution in [2.75, 3.05) is 23.7 Å². The van der Waals surface area contributed by atoms with Gasteiger partial charge in [-0.05, 0) is 30.4 Å². The van der Waals surface area contributed by atoms with Gasteiger partial charge in [-0.25, -0.2) is 9.97 Å². The second-order valence-corrected chi connectivity index (χ2v) is 9.53. The zero-order valence-corrected chi connectivity index (χ0v) is 18.5. The number of fused-ring (bicyclic) bond motifs is 1. The van der Waals surface area contributed by atoms with E-state index in [-0.39, 0.29) is 11.7 Å². The molecule has 29 heavy (non-hydrogen) atoms. The van der Waals surface area contributed by atoms with Crippen LogP contribution in [0.15, 0.2) is 35.6 Å². The maximum Gasteiger partial charge on any atom is 0.230 e. The van der Waals surface area contributed by atoms with E-state index in [9.17, 15) is 4.79 Å². The summed E-state index contributed by atoms with van der Waals surface area (Å²) in [5.74, 6) is 0.902. The minimum Gasteiger partial charge on any atom is -0.351 e. The van der Waals surface area contributed by atoms with Crippen LogP contribution in [0.25, 0.3) is 10.3 Å². The van der Waals surface area contributed by atoms with Gasteiger partial charge in [0.05, 0.1) is 5.75 Å². The van der Waals surface area contributed by atoms with Crippen LogP contribution in [0.3, 0.4) is 0 Å². The van der Waals surface area contributed by atoms with Crippen molar-refractivity contribution in [3.63, 3.8) is 0 Å². The van der Waals surface area contributed by atoms with E-state index >= 15 is 0 Å². The molecule has 1 aromatic carbocycles. The number of thiazole rings is 1. The number of hydrogen-bond acceptors (Lipinski definition) is 7. The third kappa shape index (κ3) is 4.99. The van der Waals surface area contributed by atoms with Gasteiger partial charge in [0.15, 0.2) is 10.8 Å². The topological polar surface area (TPSA) is 71.0 Å². The highest BCUT2D eigenvalue weighted by Crippen LogP contribution is 2.35. The lowest BCUT2D eigenvalue weighted by Gasteiger charge is -2.30. The molecule has 4 rings (SSSR count). The lowest BCUT2D eigenvalue weighted by molar-refractivity contribution is -0.118. The van der Waals surface area contributed by atoms with Gasteiger partial charge in [-0.3, -0.25) is 4.79 Å². The number of halogens is 1. The van der Waals surface area contributed by atoms with E-state index in [1.807, 2.05) is 24.3 Å². The number of nitrogens with one attached hydrogen (secondary N) is 1. The Bertz CT molecular complexity index is 1010. The number of piperidine rings is 1. The number of carbonyl (C=O) groups excluding carboxylic acids is 1. The average molecular weight is 448 g/mol. The van der Waals surface area contributed by atoms with Crippen molar-refractivity contribution in [2.45, 2.75) is 31.3 Å². The molecule has 1 saturated heterocycles. The summed E-state index contributed by atoms with van der Waals surface area (Å²) in [6.45, 7) is 4.75. The number of thioether (sulfide) groups is 1. The number of nitrogens with zero attached hydrogens (tertiary/aromatic N) is 4. The summed E-state index contributed by atoms with van der Waals surface area (Å²) in [4.78, 5) is 28.0. The lowest BCUT2D eigenvalue weighted by atomic mass is 10.0. The first kappa shape index (κ1) is 20.4. The Hall–Kier alpha value is -1.90. The first-order valence-corrected chi connectivity index (χ1v) is 11.8. The van der Waals surface area contributed by atoms with Crippen molar-refractivity contribution in [3.8, 4) is 0 Å². The van der Waals surface area contributed by atoms with E-state index in [0.29, 0.717) is 23.1 Å². The van der Waals surface area contributed by atoms with Crippen molar-refractivity contribution in [1.82, 2.24) is 20.3 Å². The number of aromatic nitrogens is 3. The molecule has 1 aliphatic rings. The second kappa shape index (κ2) is 9.28. The van der Waals surface area contributed by atoms with E-state index in [4.69, 9.17) is 16.6 Å². The predicted octanol–water partition coefficient (Wildman–Crippen LogP) is 4.38. The standard InChI is InChI=1S/C20H22ClN5OS2/c1-13-5-4-8-26(10-13)20-25-18-17(29-20)19(24-12-23-18)28-11-16(27)22-9-14-6-2-3-7-15(14)21/h2-3,6-7,12-13H,4-5,8-11H2,1H3,(H,22,27)/t13-/m1/s1. The SMILES string of the molecule is C[C@@H]1CCCN(c2nc3ncnc(SCC(=O)NCc4ccccc4Cl)c3s2)C1. The molecule has 9 heteroatoms. The minimum absolute atomic E-state index is 0.0590. The molecule has 0 unspecified atom stereocenters. The molecular weight excluding hydrogens is 426 g/mol. The second-order valence-electron chi connectivity index (χ2n) is 7.18. The zero-order chi connectivity index (χ0) is 20.2. The van der Waals surface area contributed by atoms with Crippen molar-refractivity contribution < 1.29 is 4.79 Å². The normalized spacial score (nSPS) is 16.9. The summed E-state index contributed by atoms with van der Waals surface area (Å²) >= 11 is 9.17. The van der Waals surface area contributed by atoms with Crippen molar-refractivity contribution in [2.24, 2.45) is 5.92 Å². The van der Waals surface area contributed by atoms with Crippen LogP contribution >= 0.6 is 34.7 Å². The summed E-state index contributed by atoms with van der Waals surface area (Å²) in [7, 11) is 0. The highest BCUT2D eigenvalue weighted by atomic mass is 35.5. The van der Waals surface area contributed by atoms with Crippen LogP contribution in [0.2, 0.25) is 5.02 Å². The Morgan fingerprint density at radius 2 is 2.24 bits per heavy atom. The van der Waals surface area contributed by atoms with Gasteiger partial charge in [0, 0.05) is 24.7 Å². The molecule has 1 fully saturated rings. The van der Waals surface area contributed by atoms with Gasteiger partial charge in [0.1, 0.15) is 16.1 Å². The van der Waals surface area contributed by atoms with E-state index in [1.54, 1.807) is 11.3 Å². The Balaban J connectivity index is 1.40. The number of rotatable bonds is 6. The maximum atomic E-state index is 12.3. The number of benzene rings is 1. The van der Waals surface area contributed by atoms with E-state index in [0.717, 1.165) is 33.5 Å². The fourth-order valence-electron chi connectivity index (χ4n) is 3.34. The fourth-order valence-corrected chi connectivity index (χ4v) is 5.50. The maximum absolute atomic E-state index is 12.3. The molecule has 0 aliphatic carbocycles. The van der Waals surface area contributed by atoms with Gasteiger partial charge < -0.3 is 10.2 Å². The summed E-state index contributed by atoms with van der Waals surface area (Å²) in [6.07, 6.45) is 3.98. The Kier molecular flexibility index (Phi) is 6.52.